The molecular formula is C17H18N2. The van der Waals surface area contributed by atoms with Crippen LogP contribution in [0.25, 0.3) is 0 Å². The van der Waals surface area contributed by atoms with Crippen molar-refractivity contribution in [2.24, 2.45) is 0 Å². The minimum absolute atomic E-state index is 0.570. The molecule has 96 valence electrons. The standard InChI is InChI=1S/C17H18N2/c1-13(2)16-7-3-15(4-8-16)12-19-17-9-5-14(11-18)6-10-17/h3-10,13,19H,12H2,1-2H3. The van der Waals surface area contributed by atoms with E-state index < -0.39 is 0 Å². The fraction of sp³-hybridized carbons (Fsp3) is 0.235. The first-order chi connectivity index (χ1) is 9.19. The minimum Gasteiger partial charge on any atom is -0.381 e. The molecule has 0 unspecified atom stereocenters. The fourth-order valence-electron chi connectivity index (χ4n) is 1.89. The van der Waals surface area contributed by atoms with Crippen molar-refractivity contribution in [1.29, 1.82) is 5.26 Å². The molecule has 0 aromatic heterocycles. The summed E-state index contributed by atoms with van der Waals surface area (Å²) in [7, 11) is 0. The van der Waals surface area contributed by atoms with Gasteiger partial charge in [0.25, 0.3) is 0 Å². The number of rotatable bonds is 4. The zero-order chi connectivity index (χ0) is 13.7. The summed E-state index contributed by atoms with van der Waals surface area (Å²) in [6.45, 7) is 5.19. The van der Waals surface area contributed by atoms with Crippen LogP contribution in [0, 0.1) is 11.3 Å². The lowest BCUT2D eigenvalue weighted by Gasteiger charge is -2.09. The highest BCUT2D eigenvalue weighted by molar-refractivity contribution is 5.47. The van der Waals surface area contributed by atoms with Gasteiger partial charge in [-0.1, -0.05) is 38.1 Å². The number of nitrogens with zero attached hydrogens (tertiary/aromatic N) is 1. The van der Waals surface area contributed by atoms with Crippen molar-refractivity contribution in [2.75, 3.05) is 5.32 Å². The predicted octanol–water partition coefficient (Wildman–Crippen LogP) is 4.29. The summed E-state index contributed by atoms with van der Waals surface area (Å²) in [5.41, 5.74) is 4.34. The van der Waals surface area contributed by atoms with Crippen LogP contribution in [0.2, 0.25) is 0 Å². The van der Waals surface area contributed by atoms with E-state index in [0.29, 0.717) is 11.5 Å². The van der Waals surface area contributed by atoms with Crippen LogP contribution in [0.15, 0.2) is 48.5 Å². The monoisotopic (exact) mass is 250 g/mol. The number of hydrogen-bond acceptors (Lipinski definition) is 2. The van der Waals surface area contributed by atoms with Crippen LogP contribution < -0.4 is 5.32 Å². The fourth-order valence-corrected chi connectivity index (χ4v) is 1.89. The molecule has 2 rings (SSSR count). The van der Waals surface area contributed by atoms with Crippen molar-refractivity contribution in [3.05, 3.63) is 65.2 Å². The molecule has 0 radical (unpaired) electrons. The molecule has 2 aromatic rings. The molecule has 0 aliphatic carbocycles. The second-order valence-electron chi connectivity index (χ2n) is 4.94. The largest absolute Gasteiger partial charge is 0.381 e. The number of anilines is 1. The lowest BCUT2D eigenvalue weighted by Crippen LogP contribution is -1.99. The van der Waals surface area contributed by atoms with Gasteiger partial charge in [-0.15, -0.1) is 0 Å². The highest BCUT2D eigenvalue weighted by Crippen LogP contribution is 2.16. The summed E-state index contributed by atoms with van der Waals surface area (Å²) in [6.07, 6.45) is 0. The Morgan fingerprint density at radius 2 is 1.63 bits per heavy atom. The van der Waals surface area contributed by atoms with Crippen LogP contribution in [0.3, 0.4) is 0 Å². The van der Waals surface area contributed by atoms with Crippen LogP contribution in [0.1, 0.15) is 36.5 Å². The van der Waals surface area contributed by atoms with Crippen molar-refractivity contribution in [2.45, 2.75) is 26.3 Å². The third kappa shape index (κ3) is 3.59. The molecule has 0 bridgehead atoms. The lowest BCUT2D eigenvalue weighted by molar-refractivity contribution is 0.865. The highest BCUT2D eigenvalue weighted by atomic mass is 14.9. The third-order valence-corrected chi connectivity index (χ3v) is 3.16. The van der Waals surface area contributed by atoms with E-state index in [1.807, 2.05) is 24.3 Å². The molecule has 0 atom stereocenters. The molecule has 0 fully saturated rings. The van der Waals surface area contributed by atoms with Gasteiger partial charge in [0.15, 0.2) is 0 Å². The first-order valence-electron chi connectivity index (χ1n) is 6.52. The van der Waals surface area contributed by atoms with E-state index in [1.165, 1.54) is 11.1 Å². The molecule has 2 nitrogen and oxygen atoms in total. The molecule has 0 aliphatic heterocycles. The predicted molar refractivity (Wildman–Crippen MR) is 79.0 cm³/mol. The Labute approximate surface area is 114 Å². The van der Waals surface area contributed by atoms with Crippen molar-refractivity contribution >= 4 is 5.69 Å². The number of nitrogens with one attached hydrogen (secondary N) is 1. The van der Waals surface area contributed by atoms with Crippen molar-refractivity contribution in [3.63, 3.8) is 0 Å². The summed E-state index contributed by atoms with van der Waals surface area (Å²) in [6, 6.07) is 18.3. The molecule has 2 heteroatoms. The van der Waals surface area contributed by atoms with E-state index in [4.69, 9.17) is 5.26 Å². The van der Waals surface area contributed by atoms with Gasteiger partial charge in [0, 0.05) is 12.2 Å². The van der Waals surface area contributed by atoms with Crippen LogP contribution >= 0.6 is 0 Å². The molecule has 1 N–H and O–H groups in total. The van der Waals surface area contributed by atoms with Crippen molar-refractivity contribution < 1.29 is 0 Å². The second-order valence-corrected chi connectivity index (χ2v) is 4.94. The normalized spacial score (nSPS) is 10.2. The Kier molecular flexibility index (Phi) is 4.20. The van der Waals surface area contributed by atoms with Gasteiger partial charge in [-0.2, -0.15) is 5.26 Å². The topological polar surface area (TPSA) is 35.8 Å². The quantitative estimate of drug-likeness (QED) is 0.878. The number of hydrogen-bond donors (Lipinski definition) is 1. The van der Waals surface area contributed by atoms with E-state index in [9.17, 15) is 0 Å². The van der Waals surface area contributed by atoms with Crippen molar-refractivity contribution in [3.8, 4) is 6.07 Å². The average molecular weight is 250 g/mol. The maximum atomic E-state index is 8.74. The summed E-state index contributed by atoms with van der Waals surface area (Å²) < 4.78 is 0. The zero-order valence-electron chi connectivity index (χ0n) is 11.4. The van der Waals surface area contributed by atoms with E-state index >= 15 is 0 Å². The Hall–Kier alpha value is -2.27. The van der Waals surface area contributed by atoms with Gasteiger partial charge in [0.2, 0.25) is 0 Å². The highest BCUT2D eigenvalue weighted by Gasteiger charge is 1.99. The van der Waals surface area contributed by atoms with E-state index in [-0.39, 0.29) is 0 Å². The van der Waals surface area contributed by atoms with Crippen LogP contribution in [-0.2, 0) is 6.54 Å². The maximum absolute atomic E-state index is 8.74. The summed E-state index contributed by atoms with van der Waals surface area (Å²) in [4.78, 5) is 0. The Bertz CT molecular complexity index is 560. The summed E-state index contributed by atoms with van der Waals surface area (Å²) >= 11 is 0. The van der Waals surface area contributed by atoms with Crippen LogP contribution in [-0.4, -0.2) is 0 Å². The number of nitriles is 1. The van der Waals surface area contributed by atoms with E-state index in [1.54, 1.807) is 0 Å². The third-order valence-electron chi connectivity index (χ3n) is 3.16. The smallest absolute Gasteiger partial charge is 0.0991 e. The lowest BCUT2D eigenvalue weighted by atomic mass is 10.0. The van der Waals surface area contributed by atoms with Gasteiger partial charge in [0.1, 0.15) is 0 Å². The SMILES string of the molecule is CC(C)c1ccc(CNc2ccc(C#N)cc2)cc1. The van der Waals surface area contributed by atoms with Gasteiger partial charge in [0.05, 0.1) is 11.6 Å². The first-order valence-corrected chi connectivity index (χ1v) is 6.52. The molecule has 0 saturated heterocycles. The molecule has 19 heavy (non-hydrogen) atoms. The second kappa shape index (κ2) is 6.06. The summed E-state index contributed by atoms with van der Waals surface area (Å²) in [5, 5.41) is 12.1. The van der Waals surface area contributed by atoms with Crippen LogP contribution in [0.4, 0.5) is 5.69 Å². The van der Waals surface area contributed by atoms with E-state index in [0.717, 1.165) is 12.2 Å². The van der Waals surface area contributed by atoms with Gasteiger partial charge in [-0.25, -0.2) is 0 Å². The molecule has 0 amide bonds. The Morgan fingerprint density at radius 3 is 2.16 bits per heavy atom. The van der Waals surface area contributed by atoms with Crippen molar-refractivity contribution in [1.82, 2.24) is 0 Å². The Balaban J connectivity index is 1.96. The van der Waals surface area contributed by atoms with E-state index in [2.05, 4.69) is 49.5 Å². The van der Waals surface area contributed by atoms with Gasteiger partial charge >= 0.3 is 0 Å². The van der Waals surface area contributed by atoms with Gasteiger partial charge < -0.3 is 5.32 Å². The molecule has 0 saturated carbocycles. The molecule has 0 spiro atoms. The van der Waals surface area contributed by atoms with Gasteiger partial charge in [-0.3, -0.25) is 0 Å². The maximum Gasteiger partial charge on any atom is 0.0991 e. The molecular weight excluding hydrogens is 232 g/mol. The molecule has 0 aliphatic rings. The molecule has 0 heterocycles. The first kappa shape index (κ1) is 13.2. The van der Waals surface area contributed by atoms with Crippen LogP contribution in [0.5, 0.6) is 0 Å². The van der Waals surface area contributed by atoms with Gasteiger partial charge in [-0.05, 0) is 41.3 Å². The molecule has 2 aromatic carbocycles. The number of benzene rings is 2. The zero-order valence-corrected chi connectivity index (χ0v) is 11.4. The summed E-state index contributed by atoms with van der Waals surface area (Å²) in [5.74, 6) is 0.570. The minimum atomic E-state index is 0.570. The Morgan fingerprint density at radius 1 is 1.00 bits per heavy atom. The average Bonchev–Trinajstić information content (AvgIpc) is 2.46.